The Morgan fingerprint density at radius 2 is 2.20 bits per heavy atom. The van der Waals surface area contributed by atoms with Gasteiger partial charge in [-0.25, -0.2) is 4.98 Å². The molecule has 1 aliphatic rings. The Bertz CT molecular complexity index is 419. The van der Waals surface area contributed by atoms with E-state index < -0.39 is 0 Å². The predicted octanol–water partition coefficient (Wildman–Crippen LogP) is 3.11. The second-order valence-corrected chi connectivity index (χ2v) is 5.67. The van der Waals surface area contributed by atoms with Gasteiger partial charge in [0.05, 0.1) is 6.10 Å². The average Bonchev–Trinajstić information content (AvgIpc) is 2.39. The lowest BCUT2D eigenvalue weighted by Crippen LogP contribution is -2.38. The quantitative estimate of drug-likeness (QED) is 0.817. The fourth-order valence-electron chi connectivity index (χ4n) is 2.82. The molecular weight excluding hydrogens is 276 g/mol. The Morgan fingerprint density at radius 3 is 2.85 bits per heavy atom. The first-order valence-corrected chi connectivity index (χ1v) is 7.68. The lowest BCUT2D eigenvalue weighted by molar-refractivity contribution is -0.0271. The summed E-state index contributed by atoms with van der Waals surface area (Å²) in [5.74, 6) is 1.51. The van der Waals surface area contributed by atoms with E-state index in [1.165, 1.54) is 0 Å². The van der Waals surface area contributed by atoms with Gasteiger partial charge in [-0.3, -0.25) is 0 Å². The molecule has 0 aromatic carbocycles. The van der Waals surface area contributed by atoms with Gasteiger partial charge in [0, 0.05) is 18.7 Å². The molecule has 2 heterocycles. The summed E-state index contributed by atoms with van der Waals surface area (Å²) in [6.45, 7) is 5.23. The molecule has 112 valence electrons. The Kier molecular flexibility index (Phi) is 5.43. The summed E-state index contributed by atoms with van der Waals surface area (Å²) in [5, 5.41) is 3.76. The second-order valence-electron chi connectivity index (χ2n) is 5.29. The van der Waals surface area contributed by atoms with E-state index in [1.807, 2.05) is 0 Å². The standard InChI is InChI=1S/C14H23ClN4O/c1-3-9(4-2)11-7-10(5-6-20-11)17-13-8-12(15)18-14(16)19-13/h8-11H,3-7H2,1-2H3,(H3,16,17,18,19). The molecule has 0 radical (unpaired) electrons. The molecule has 2 atom stereocenters. The number of nitrogens with two attached hydrogens (primary N) is 1. The minimum atomic E-state index is 0.198. The maximum absolute atomic E-state index is 5.91. The van der Waals surface area contributed by atoms with Gasteiger partial charge in [-0.15, -0.1) is 0 Å². The molecule has 0 spiro atoms. The van der Waals surface area contributed by atoms with Crippen LogP contribution in [0, 0.1) is 5.92 Å². The zero-order valence-corrected chi connectivity index (χ0v) is 12.9. The van der Waals surface area contributed by atoms with Gasteiger partial charge in [-0.1, -0.05) is 38.3 Å². The van der Waals surface area contributed by atoms with Crippen molar-refractivity contribution in [2.45, 2.75) is 51.7 Å². The fraction of sp³-hybridized carbons (Fsp3) is 0.714. The minimum Gasteiger partial charge on any atom is -0.378 e. The minimum absolute atomic E-state index is 0.198. The van der Waals surface area contributed by atoms with Crippen molar-refractivity contribution in [2.75, 3.05) is 17.7 Å². The van der Waals surface area contributed by atoms with E-state index in [9.17, 15) is 0 Å². The van der Waals surface area contributed by atoms with Crippen LogP contribution in [0.25, 0.3) is 0 Å². The summed E-state index contributed by atoms with van der Waals surface area (Å²) >= 11 is 5.90. The van der Waals surface area contributed by atoms with Crippen LogP contribution in [0.4, 0.5) is 11.8 Å². The largest absolute Gasteiger partial charge is 0.378 e. The summed E-state index contributed by atoms with van der Waals surface area (Å²) in [6, 6.07) is 2.05. The number of nitrogens with zero attached hydrogens (tertiary/aromatic N) is 2. The molecule has 3 N–H and O–H groups in total. The van der Waals surface area contributed by atoms with E-state index in [-0.39, 0.29) is 5.95 Å². The average molecular weight is 299 g/mol. The van der Waals surface area contributed by atoms with Crippen LogP contribution in [0.2, 0.25) is 5.15 Å². The first kappa shape index (κ1) is 15.3. The zero-order valence-electron chi connectivity index (χ0n) is 12.1. The van der Waals surface area contributed by atoms with Gasteiger partial charge in [-0.05, 0) is 18.8 Å². The number of anilines is 2. The number of halogens is 1. The van der Waals surface area contributed by atoms with Crippen LogP contribution in [0.3, 0.4) is 0 Å². The van der Waals surface area contributed by atoms with Crippen LogP contribution in [0.1, 0.15) is 39.5 Å². The third kappa shape index (κ3) is 3.96. The highest BCUT2D eigenvalue weighted by Gasteiger charge is 2.27. The van der Waals surface area contributed by atoms with Gasteiger partial charge >= 0.3 is 0 Å². The van der Waals surface area contributed by atoms with Crippen LogP contribution >= 0.6 is 11.6 Å². The van der Waals surface area contributed by atoms with Crippen LogP contribution in [0.15, 0.2) is 6.07 Å². The Balaban J connectivity index is 1.98. The van der Waals surface area contributed by atoms with E-state index >= 15 is 0 Å². The summed E-state index contributed by atoms with van der Waals surface area (Å²) in [6.07, 6.45) is 4.60. The highest BCUT2D eigenvalue weighted by atomic mass is 35.5. The van der Waals surface area contributed by atoms with Crippen molar-refractivity contribution in [2.24, 2.45) is 5.92 Å². The first-order valence-electron chi connectivity index (χ1n) is 7.30. The van der Waals surface area contributed by atoms with Gasteiger partial charge in [0.15, 0.2) is 0 Å². The molecule has 5 nitrogen and oxygen atoms in total. The van der Waals surface area contributed by atoms with Crippen molar-refractivity contribution in [3.05, 3.63) is 11.2 Å². The molecule has 0 saturated carbocycles. The smallest absolute Gasteiger partial charge is 0.223 e. The zero-order chi connectivity index (χ0) is 14.5. The second kappa shape index (κ2) is 7.09. The molecule has 1 aromatic rings. The molecule has 1 saturated heterocycles. The Labute approximate surface area is 125 Å². The van der Waals surface area contributed by atoms with Crippen LogP contribution in [0.5, 0.6) is 0 Å². The van der Waals surface area contributed by atoms with E-state index in [0.29, 0.717) is 29.0 Å². The van der Waals surface area contributed by atoms with Gasteiger partial charge in [-0.2, -0.15) is 4.98 Å². The maximum Gasteiger partial charge on any atom is 0.223 e. The number of nitrogen functional groups attached to an aromatic ring is 1. The van der Waals surface area contributed by atoms with Crippen molar-refractivity contribution in [1.82, 2.24) is 9.97 Å². The third-order valence-corrected chi connectivity index (χ3v) is 4.15. The van der Waals surface area contributed by atoms with Crippen molar-refractivity contribution in [3.63, 3.8) is 0 Å². The summed E-state index contributed by atoms with van der Waals surface area (Å²) in [4.78, 5) is 8.03. The van der Waals surface area contributed by atoms with Crippen LogP contribution in [-0.4, -0.2) is 28.7 Å². The lowest BCUT2D eigenvalue weighted by atomic mass is 9.89. The SMILES string of the molecule is CCC(CC)C1CC(Nc2cc(Cl)nc(N)n2)CCO1. The number of nitrogens with one attached hydrogen (secondary N) is 1. The summed E-state index contributed by atoms with van der Waals surface area (Å²) < 4.78 is 5.91. The number of rotatable bonds is 5. The molecule has 0 amide bonds. The van der Waals surface area contributed by atoms with Crippen LogP contribution < -0.4 is 11.1 Å². The molecule has 1 fully saturated rings. The lowest BCUT2D eigenvalue weighted by Gasteiger charge is -2.34. The summed E-state index contributed by atoms with van der Waals surface area (Å²) in [7, 11) is 0. The van der Waals surface area contributed by atoms with E-state index in [1.54, 1.807) is 6.07 Å². The number of aromatic nitrogens is 2. The molecule has 6 heteroatoms. The predicted molar refractivity (Wildman–Crippen MR) is 81.9 cm³/mol. The Hall–Kier alpha value is -1.07. The van der Waals surface area contributed by atoms with E-state index in [2.05, 4.69) is 29.1 Å². The van der Waals surface area contributed by atoms with Gasteiger partial charge in [0.2, 0.25) is 5.95 Å². The maximum atomic E-state index is 5.91. The molecule has 2 rings (SSSR count). The Morgan fingerprint density at radius 1 is 1.45 bits per heavy atom. The first-order chi connectivity index (χ1) is 9.62. The third-order valence-electron chi connectivity index (χ3n) is 3.95. The van der Waals surface area contributed by atoms with Gasteiger partial charge in [0.25, 0.3) is 0 Å². The monoisotopic (exact) mass is 298 g/mol. The normalized spacial score (nSPS) is 23.0. The molecule has 0 bridgehead atoms. The molecule has 20 heavy (non-hydrogen) atoms. The fourth-order valence-corrected chi connectivity index (χ4v) is 3.01. The molecule has 2 unspecified atom stereocenters. The van der Waals surface area contributed by atoms with Crippen LogP contribution in [-0.2, 0) is 4.74 Å². The van der Waals surface area contributed by atoms with Crippen molar-refractivity contribution >= 4 is 23.4 Å². The highest BCUT2D eigenvalue weighted by molar-refractivity contribution is 6.29. The van der Waals surface area contributed by atoms with Crippen molar-refractivity contribution < 1.29 is 4.74 Å². The van der Waals surface area contributed by atoms with E-state index in [0.717, 1.165) is 32.3 Å². The van der Waals surface area contributed by atoms with Crippen molar-refractivity contribution in [3.8, 4) is 0 Å². The van der Waals surface area contributed by atoms with Crippen molar-refractivity contribution in [1.29, 1.82) is 0 Å². The molecule has 1 aliphatic heterocycles. The summed E-state index contributed by atoms with van der Waals surface area (Å²) in [5.41, 5.74) is 5.61. The molecular formula is C14H23ClN4O. The number of ether oxygens (including phenoxy) is 1. The highest BCUT2D eigenvalue weighted by Crippen LogP contribution is 2.27. The number of hydrogen-bond acceptors (Lipinski definition) is 5. The number of hydrogen-bond donors (Lipinski definition) is 2. The molecule has 0 aliphatic carbocycles. The van der Waals surface area contributed by atoms with E-state index in [4.69, 9.17) is 22.1 Å². The van der Waals surface area contributed by atoms with Gasteiger partial charge in [0.1, 0.15) is 11.0 Å². The topological polar surface area (TPSA) is 73.1 Å². The van der Waals surface area contributed by atoms with Gasteiger partial charge < -0.3 is 15.8 Å². The molecule has 1 aromatic heterocycles.